The predicted octanol–water partition coefficient (Wildman–Crippen LogP) is 3.89. The first-order chi connectivity index (χ1) is 12.6. The highest BCUT2D eigenvalue weighted by molar-refractivity contribution is 7.85. The molecular weight excluding hydrogens is 366 g/mol. The fourth-order valence-electron chi connectivity index (χ4n) is 2.11. The number of ether oxygens (including phenoxy) is 1. The summed E-state index contributed by atoms with van der Waals surface area (Å²) in [6.45, 7) is 7.36. The van der Waals surface area contributed by atoms with Crippen LogP contribution in [0.15, 0.2) is 53.7 Å². The average Bonchev–Trinajstić information content (AvgIpc) is 2.54. The van der Waals surface area contributed by atoms with Gasteiger partial charge in [-0.15, -0.1) is 0 Å². The normalized spacial score (nSPS) is 12.6. The summed E-state index contributed by atoms with van der Waals surface area (Å²) in [5.74, 6) is 0.772. The molecule has 0 saturated carbocycles. The molecule has 0 radical (unpaired) electrons. The molecule has 0 saturated heterocycles. The molecule has 27 heavy (non-hydrogen) atoms. The molecule has 0 aliphatic heterocycles. The first-order valence-electron chi connectivity index (χ1n) is 8.59. The Morgan fingerprint density at radius 3 is 2.37 bits per heavy atom. The lowest BCUT2D eigenvalue weighted by molar-refractivity contribution is 0.199. The molecule has 0 bridgehead atoms. The number of hydrogen-bond donors (Lipinski definition) is 2. The summed E-state index contributed by atoms with van der Waals surface area (Å²) in [5.41, 5.74) is 1.54. The van der Waals surface area contributed by atoms with Crippen LogP contribution in [0.25, 0.3) is 6.08 Å². The molecule has 0 unspecified atom stereocenters. The average molecular weight is 394 g/mol. The monoisotopic (exact) mass is 393 g/mol. The zero-order chi connectivity index (χ0) is 20.4. The van der Waals surface area contributed by atoms with Gasteiger partial charge in [0.15, 0.2) is 0 Å². The molecule has 1 aromatic heterocycles. The first kappa shape index (κ1) is 22.8. The minimum atomic E-state index is -4.03. The molecular formula is C20H27NO5S. The number of aliphatic hydroxyl groups is 1. The summed E-state index contributed by atoms with van der Waals surface area (Å²) in [6, 6.07) is 8.21. The van der Waals surface area contributed by atoms with Gasteiger partial charge in [-0.2, -0.15) is 8.42 Å². The zero-order valence-electron chi connectivity index (χ0n) is 16.0. The van der Waals surface area contributed by atoms with Gasteiger partial charge in [0, 0.05) is 6.20 Å². The van der Waals surface area contributed by atoms with Crippen LogP contribution in [0.3, 0.4) is 0 Å². The van der Waals surface area contributed by atoms with Crippen molar-refractivity contribution < 1.29 is 22.8 Å². The number of hydrogen-bond acceptors (Lipinski definition) is 5. The molecule has 0 aliphatic carbocycles. The van der Waals surface area contributed by atoms with Crippen LogP contribution in [0, 0.1) is 6.92 Å². The smallest absolute Gasteiger partial charge is 0.294 e. The van der Waals surface area contributed by atoms with Gasteiger partial charge in [0.2, 0.25) is 0 Å². The Balaban J connectivity index is 0.000000289. The van der Waals surface area contributed by atoms with Crippen LogP contribution in [-0.2, 0) is 10.1 Å². The molecule has 0 aliphatic rings. The van der Waals surface area contributed by atoms with Crippen LogP contribution in [0.5, 0.6) is 5.75 Å². The number of nitrogens with zero attached hydrogens (tertiary/aromatic N) is 1. The molecule has 2 aromatic rings. The molecule has 0 spiro atoms. The van der Waals surface area contributed by atoms with Gasteiger partial charge in [-0.3, -0.25) is 9.54 Å². The van der Waals surface area contributed by atoms with E-state index >= 15 is 0 Å². The van der Waals surface area contributed by atoms with Gasteiger partial charge >= 0.3 is 0 Å². The molecule has 0 amide bonds. The Labute approximate surface area is 161 Å². The van der Waals surface area contributed by atoms with Gasteiger partial charge in [-0.1, -0.05) is 30.4 Å². The van der Waals surface area contributed by atoms with Crippen molar-refractivity contribution in [3.63, 3.8) is 0 Å². The Kier molecular flexibility index (Phi) is 9.14. The first-order valence-corrected chi connectivity index (χ1v) is 10.0. The third kappa shape index (κ3) is 9.33. The van der Waals surface area contributed by atoms with E-state index < -0.39 is 10.1 Å². The molecule has 1 heterocycles. The van der Waals surface area contributed by atoms with Gasteiger partial charge in [0.1, 0.15) is 5.75 Å². The summed E-state index contributed by atoms with van der Waals surface area (Å²) < 4.78 is 35.4. The van der Waals surface area contributed by atoms with Crippen molar-refractivity contribution in [3.05, 3.63) is 59.9 Å². The Bertz CT molecular complexity index is 845. The van der Waals surface area contributed by atoms with E-state index in [4.69, 9.17) is 14.4 Å². The SMILES string of the molecule is CC(C)Oc1cncc(/C=C/C[C@@H](C)O)c1.Cc1ccccc1S(=O)(=O)O. The molecule has 0 fully saturated rings. The Hall–Kier alpha value is -2.22. The predicted molar refractivity (Wildman–Crippen MR) is 106 cm³/mol. The van der Waals surface area contributed by atoms with Crippen molar-refractivity contribution in [1.82, 2.24) is 4.98 Å². The number of aliphatic hydroxyl groups excluding tert-OH is 1. The van der Waals surface area contributed by atoms with Crippen LogP contribution in [0.2, 0.25) is 0 Å². The van der Waals surface area contributed by atoms with Gasteiger partial charge < -0.3 is 9.84 Å². The van der Waals surface area contributed by atoms with E-state index in [9.17, 15) is 8.42 Å². The van der Waals surface area contributed by atoms with E-state index in [0.29, 0.717) is 12.0 Å². The van der Waals surface area contributed by atoms with E-state index in [0.717, 1.165) is 11.3 Å². The molecule has 1 atom stereocenters. The van der Waals surface area contributed by atoms with E-state index in [1.54, 1.807) is 44.4 Å². The van der Waals surface area contributed by atoms with Crippen molar-refractivity contribution in [2.24, 2.45) is 0 Å². The fraction of sp³-hybridized carbons (Fsp3) is 0.350. The van der Waals surface area contributed by atoms with Gasteiger partial charge in [0.25, 0.3) is 10.1 Å². The number of benzene rings is 1. The summed E-state index contributed by atoms with van der Waals surface area (Å²) in [7, 11) is -4.03. The lowest BCUT2D eigenvalue weighted by Crippen LogP contribution is -2.05. The second-order valence-corrected chi connectivity index (χ2v) is 7.74. The minimum Gasteiger partial charge on any atom is -0.489 e. The molecule has 7 heteroatoms. The maximum atomic E-state index is 10.6. The van der Waals surface area contributed by atoms with Crippen LogP contribution in [0.1, 0.15) is 38.3 Å². The van der Waals surface area contributed by atoms with Crippen molar-refractivity contribution in [2.75, 3.05) is 0 Å². The number of aromatic nitrogens is 1. The van der Waals surface area contributed by atoms with Crippen LogP contribution >= 0.6 is 0 Å². The number of aryl methyl sites for hydroxylation is 1. The standard InChI is InChI=1S/C13H19NO2.C7H8O3S/c1-10(2)16-13-7-12(8-14-9-13)6-4-5-11(3)15;1-6-4-2-3-5-7(6)11(8,9)10/h4,6-11,15H,5H2,1-3H3;2-5H,1H3,(H,8,9,10)/b6-4+;/t11-;/m1./s1. The molecule has 6 nitrogen and oxygen atoms in total. The second-order valence-electron chi connectivity index (χ2n) is 6.35. The fourth-order valence-corrected chi connectivity index (χ4v) is 2.84. The highest BCUT2D eigenvalue weighted by Gasteiger charge is 2.10. The third-order valence-electron chi connectivity index (χ3n) is 3.27. The minimum absolute atomic E-state index is 0.0278. The largest absolute Gasteiger partial charge is 0.489 e. The van der Waals surface area contributed by atoms with Crippen molar-refractivity contribution in [3.8, 4) is 5.75 Å². The van der Waals surface area contributed by atoms with Crippen molar-refractivity contribution in [1.29, 1.82) is 0 Å². The highest BCUT2D eigenvalue weighted by Crippen LogP contribution is 2.14. The van der Waals surface area contributed by atoms with Gasteiger partial charge in [-0.25, -0.2) is 0 Å². The van der Waals surface area contributed by atoms with Crippen LogP contribution in [0.4, 0.5) is 0 Å². The quantitative estimate of drug-likeness (QED) is 0.723. The van der Waals surface area contributed by atoms with E-state index in [-0.39, 0.29) is 17.1 Å². The maximum absolute atomic E-state index is 10.6. The summed E-state index contributed by atoms with van der Waals surface area (Å²) in [6.07, 6.45) is 7.83. The Morgan fingerprint density at radius 1 is 1.19 bits per heavy atom. The van der Waals surface area contributed by atoms with Crippen LogP contribution < -0.4 is 4.74 Å². The lowest BCUT2D eigenvalue weighted by Gasteiger charge is -2.09. The Morgan fingerprint density at radius 2 is 1.85 bits per heavy atom. The summed E-state index contributed by atoms with van der Waals surface area (Å²) in [4.78, 5) is 4.07. The zero-order valence-corrected chi connectivity index (χ0v) is 16.8. The highest BCUT2D eigenvalue weighted by atomic mass is 32.2. The van der Waals surface area contributed by atoms with Gasteiger partial charge in [0.05, 0.1) is 23.3 Å². The van der Waals surface area contributed by atoms with Crippen molar-refractivity contribution >= 4 is 16.2 Å². The van der Waals surface area contributed by atoms with Gasteiger partial charge in [-0.05, 0) is 57.4 Å². The third-order valence-corrected chi connectivity index (χ3v) is 4.28. The van der Waals surface area contributed by atoms with E-state index in [1.807, 2.05) is 32.1 Å². The summed E-state index contributed by atoms with van der Waals surface area (Å²) >= 11 is 0. The molecule has 148 valence electrons. The molecule has 2 N–H and O–H groups in total. The molecule has 1 aromatic carbocycles. The van der Waals surface area contributed by atoms with E-state index in [2.05, 4.69) is 4.98 Å². The lowest BCUT2D eigenvalue weighted by atomic mass is 10.2. The summed E-state index contributed by atoms with van der Waals surface area (Å²) in [5, 5.41) is 9.11. The maximum Gasteiger partial charge on any atom is 0.294 e. The topological polar surface area (TPSA) is 96.7 Å². The van der Waals surface area contributed by atoms with E-state index in [1.165, 1.54) is 6.07 Å². The van der Waals surface area contributed by atoms with Crippen molar-refractivity contribution in [2.45, 2.75) is 51.2 Å². The second kappa shape index (κ2) is 10.8. The number of rotatable bonds is 6. The number of pyridine rings is 1. The van der Waals surface area contributed by atoms with Crippen LogP contribution in [-0.4, -0.2) is 35.3 Å². The molecule has 2 rings (SSSR count).